The Morgan fingerprint density at radius 1 is 1.13 bits per heavy atom. The van der Waals surface area contributed by atoms with Crippen LogP contribution in [0.25, 0.3) is 0 Å². The fourth-order valence-corrected chi connectivity index (χ4v) is 2.24. The van der Waals surface area contributed by atoms with Gasteiger partial charge in [-0.3, -0.25) is 4.79 Å². The topological polar surface area (TPSA) is 46.3 Å². The van der Waals surface area contributed by atoms with Crippen LogP contribution in [0, 0.1) is 0 Å². The molecule has 0 aliphatic carbocycles. The first-order chi connectivity index (χ1) is 10.8. The van der Waals surface area contributed by atoms with Crippen LogP contribution in [0.1, 0.15) is 22.7 Å². The van der Waals surface area contributed by atoms with E-state index in [0.717, 1.165) is 12.1 Å². The minimum absolute atomic E-state index is 0.0588. The molecule has 0 saturated carbocycles. The van der Waals surface area contributed by atoms with Crippen LogP contribution >= 0.6 is 0 Å². The number of hydrogen-bond acceptors (Lipinski definition) is 2. The maximum atomic E-state index is 12.7. The Hall–Kier alpha value is -2.34. The summed E-state index contributed by atoms with van der Waals surface area (Å²) in [6, 6.07) is 12.9. The Morgan fingerprint density at radius 3 is 2.39 bits per heavy atom. The summed E-state index contributed by atoms with van der Waals surface area (Å²) in [7, 11) is 1.52. The summed E-state index contributed by atoms with van der Waals surface area (Å²) < 4.78 is 38.1. The van der Waals surface area contributed by atoms with Gasteiger partial charge in [0.1, 0.15) is 6.04 Å². The summed E-state index contributed by atoms with van der Waals surface area (Å²) in [6.07, 6.45) is -4.40. The molecule has 0 unspecified atom stereocenters. The molecule has 0 spiro atoms. The first-order valence-corrected chi connectivity index (χ1v) is 7.00. The molecule has 0 bridgehead atoms. The van der Waals surface area contributed by atoms with E-state index in [0.29, 0.717) is 11.1 Å². The summed E-state index contributed by atoms with van der Waals surface area (Å²) in [6.45, 7) is 0.0588. The zero-order valence-electron chi connectivity index (χ0n) is 12.5. The average molecular weight is 322 g/mol. The Labute approximate surface area is 132 Å². The van der Waals surface area contributed by atoms with Gasteiger partial charge in [0.25, 0.3) is 0 Å². The lowest BCUT2D eigenvalue weighted by atomic mass is 10.1. The van der Waals surface area contributed by atoms with Crippen molar-refractivity contribution in [2.24, 2.45) is 5.73 Å². The number of nitrogens with zero attached hydrogens (tertiary/aromatic N) is 1. The molecule has 0 heterocycles. The van der Waals surface area contributed by atoms with Crippen LogP contribution in [0.3, 0.4) is 0 Å². The molecule has 0 aliphatic heterocycles. The quantitative estimate of drug-likeness (QED) is 0.938. The van der Waals surface area contributed by atoms with Crippen molar-refractivity contribution < 1.29 is 18.0 Å². The lowest BCUT2D eigenvalue weighted by Crippen LogP contribution is -2.35. The fraction of sp³-hybridized carbons (Fsp3) is 0.235. The zero-order valence-corrected chi connectivity index (χ0v) is 12.5. The number of benzene rings is 2. The molecule has 2 rings (SSSR count). The van der Waals surface area contributed by atoms with Crippen LogP contribution < -0.4 is 5.73 Å². The number of carbonyl (C=O) groups excluding carboxylic acids is 1. The van der Waals surface area contributed by atoms with Crippen LogP contribution in [0.4, 0.5) is 13.2 Å². The van der Waals surface area contributed by atoms with Gasteiger partial charge in [-0.2, -0.15) is 13.2 Å². The van der Waals surface area contributed by atoms with Crippen molar-refractivity contribution in [1.82, 2.24) is 4.90 Å². The summed E-state index contributed by atoms with van der Waals surface area (Å²) in [4.78, 5) is 13.6. The van der Waals surface area contributed by atoms with E-state index < -0.39 is 17.8 Å². The van der Waals surface area contributed by atoms with E-state index >= 15 is 0 Å². The number of rotatable bonds is 4. The van der Waals surface area contributed by atoms with Gasteiger partial charge in [0.05, 0.1) is 5.56 Å². The molecule has 0 radical (unpaired) electrons. The Kier molecular flexibility index (Phi) is 5.05. The number of amides is 1. The van der Waals surface area contributed by atoms with Crippen molar-refractivity contribution in [1.29, 1.82) is 0 Å². The molecule has 1 atom stereocenters. The van der Waals surface area contributed by atoms with E-state index in [9.17, 15) is 18.0 Å². The zero-order chi connectivity index (χ0) is 17.0. The number of likely N-dealkylation sites (N-methyl/N-ethyl adjacent to an activating group) is 1. The Morgan fingerprint density at radius 2 is 1.78 bits per heavy atom. The minimum atomic E-state index is -4.40. The van der Waals surface area contributed by atoms with Gasteiger partial charge in [0.15, 0.2) is 0 Å². The molecular formula is C17H17F3N2O. The number of halogens is 3. The smallest absolute Gasteiger partial charge is 0.340 e. The molecular weight excluding hydrogens is 305 g/mol. The Balaban J connectivity index is 2.10. The summed E-state index contributed by atoms with van der Waals surface area (Å²) in [5, 5.41) is 0. The molecule has 3 nitrogen and oxygen atoms in total. The highest BCUT2D eigenvalue weighted by Gasteiger charge is 2.30. The number of hydrogen-bond donors (Lipinski definition) is 1. The molecule has 0 aromatic heterocycles. The van der Waals surface area contributed by atoms with E-state index in [4.69, 9.17) is 5.73 Å². The lowest BCUT2D eigenvalue weighted by molar-refractivity contribution is -0.137. The first kappa shape index (κ1) is 17.0. The monoisotopic (exact) mass is 322 g/mol. The maximum absolute atomic E-state index is 12.7. The summed E-state index contributed by atoms with van der Waals surface area (Å²) >= 11 is 0. The van der Waals surface area contributed by atoms with E-state index in [-0.39, 0.29) is 12.5 Å². The van der Waals surface area contributed by atoms with Gasteiger partial charge in [-0.05, 0) is 23.3 Å². The predicted molar refractivity (Wildman–Crippen MR) is 81.3 cm³/mol. The molecule has 1 amide bonds. The van der Waals surface area contributed by atoms with E-state index in [1.54, 1.807) is 30.3 Å². The average Bonchev–Trinajstić information content (AvgIpc) is 2.53. The molecule has 2 aromatic carbocycles. The lowest BCUT2D eigenvalue weighted by Gasteiger charge is -2.22. The standard InChI is InChI=1S/C17H17F3N2O/c1-22(16(23)15(21)13-7-3-2-4-8-13)11-12-6-5-9-14(10-12)17(18,19)20/h2-10,15H,11,21H2,1H3/t15-/m0/s1. The van der Waals surface area contributed by atoms with E-state index in [1.807, 2.05) is 6.07 Å². The van der Waals surface area contributed by atoms with Crippen LogP contribution in [0.2, 0.25) is 0 Å². The van der Waals surface area contributed by atoms with Crippen LogP contribution in [0.15, 0.2) is 54.6 Å². The van der Waals surface area contributed by atoms with Gasteiger partial charge in [-0.15, -0.1) is 0 Å². The third-order valence-corrected chi connectivity index (χ3v) is 3.48. The van der Waals surface area contributed by atoms with Gasteiger partial charge in [-0.1, -0.05) is 42.5 Å². The second-order valence-electron chi connectivity index (χ2n) is 5.28. The van der Waals surface area contributed by atoms with Crippen LogP contribution in [0.5, 0.6) is 0 Å². The second-order valence-corrected chi connectivity index (χ2v) is 5.28. The SMILES string of the molecule is CN(Cc1cccc(C(F)(F)F)c1)C(=O)[C@@H](N)c1ccccc1. The van der Waals surface area contributed by atoms with Gasteiger partial charge < -0.3 is 10.6 Å². The predicted octanol–water partition coefficient (Wildman–Crippen LogP) is 3.36. The number of nitrogens with two attached hydrogens (primary N) is 1. The van der Waals surface area contributed by atoms with Crippen molar-refractivity contribution in [2.45, 2.75) is 18.8 Å². The van der Waals surface area contributed by atoms with E-state index in [1.165, 1.54) is 18.0 Å². The molecule has 23 heavy (non-hydrogen) atoms. The molecule has 6 heteroatoms. The molecule has 0 fully saturated rings. The third-order valence-electron chi connectivity index (χ3n) is 3.48. The second kappa shape index (κ2) is 6.83. The van der Waals surface area contributed by atoms with Gasteiger partial charge in [0.2, 0.25) is 5.91 Å². The number of carbonyl (C=O) groups is 1. The molecule has 0 aliphatic rings. The van der Waals surface area contributed by atoms with Crippen molar-refractivity contribution in [3.63, 3.8) is 0 Å². The third kappa shape index (κ3) is 4.32. The Bertz CT molecular complexity index is 671. The molecule has 0 saturated heterocycles. The van der Waals surface area contributed by atoms with Crippen molar-refractivity contribution in [2.75, 3.05) is 7.05 Å². The summed E-state index contributed by atoms with van der Waals surface area (Å²) in [5.41, 5.74) is 6.25. The highest BCUT2D eigenvalue weighted by Crippen LogP contribution is 2.29. The highest BCUT2D eigenvalue weighted by atomic mass is 19.4. The minimum Gasteiger partial charge on any atom is -0.340 e. The maximum Gasteiger partial charge on any atom is 0.416 e. The van der Waals surface area contributed by atoms with Crippen molar-refractivity contribution >= 4 is 5.91 Å². The number of alkyl halides is 3. The fourth-order valence-electron chi connectivity index (χ4n) is 2.24. The van der Waals surface area contributed by atoms with Gasteiger partial charge in [-0.25, -0.2) is 0 Å². The first-order valence-electron chi connectivity index (χ1n) is 7.00. The van der Waals surface area contributed by atoms with Gasteiger partial charge in [0, 0.05) is 13.6 Å². The summed E-state index contributed by atoms with van der Waals surface area (Å²) in [5.74, 6) is -0.353. The largest absolute Gasteiger partial charge is 0.416 e. The van der Waals surface area contributed by atoms with Crippen LogP contribution in [-0.2, 0) is 17.5 Å². The van der Waals surface area contributed by atoms with Crippen molar-refractivity contribution in [3.05, 3.63) is 71.3 Å². The normalized spacial score (nSPS) is 12.7. The molecule has 2 aromatic rings. The van der Waals surface area contributed by atoms with E-state index in [2.05, 4.69) is 0 Å². The molecule has 122 valence electrons. The van der Waals surface area contributed by atoms with Crippen LogP contribution in [-0.4, -0.2) is 17.9 Å². The van der Waals surface area contributed by atoms with Gasteiger partial charge >= 0.3 is 6.18 Å². The molecule has 2 N–H and O–H groups in total. The van der Waals surface area contributed by atoms with Crippen molar-refractivity contribution in [3.8, 4) is 0 Å². The highest BCUT2D eigenvalue weighted by molar-refractivity contribution is 5.82.